The summed E-state index contributed by atoms with van der Waals surface area (Å²) in [6, 6.07) is 4.42. The van der Waals surface area contributed by atoms with Crippen LogP contribution in [0.3, 0.4) is 0 Å². The van der Waals surface area contributed by atoms with Gasteiger partial charge in [0.2, 0.25) is 0 Å². The Morgan fingerprint density at radius 1 is 1.53 bits per heavy atom. The topological polar surface area (TPSA) is 42.2 Å². The van der Waals surface area contributed by atoms with Crippen molar-refractivity contribution in [3.05, 3.63) is 29.7 Å². The van der Waals surface area contributed by atoms with Gasteiger partial charge in [-0.15, -0.1) is 5.10 Å². The highest BCUT2D eigenvalue weighted by molar-refractivity contribution is 5.45. The molecule has 1 N–H and O–H groups in total. The molecule has 0 aromatic carbocycles. The molecule has 0 amide bonds. The Kier molecular flexibility index (Phi) is 1.95. The molecule has 0 bridgehead atoms. The minimum Gasteiger partial charge on any atom is -0.307 e. The summed E-state index contributed by atoms with van der Waals surface area (Å²) >= 11 is 0. The Labute approximate surface area is 88.3 Å². The van der Waals surface area contributed by atoms with Crippen molar-refractivity contribution in [3.8, 4) is 0 Å². The maximum atomic E-state index is 4.58. The van der Waals surface area contributed by atoms with E-state index in [2.05, 4.69) is 28.4 Å². The molecule has 1 aliphatic heterocycles. The van der Waals surface area contributed by atoms with Crippen LogP contribution in [0.5, 0.6) is 0 Å². The third kappa shape index (κ3) is 1.41. The number of aromatic nitrogens is 3. The summed E-state index contributed by atoms with van der Waals surface area (Å²) in [6.07, 6.45) is 4.32. The minimum absolute atomic E-state index is 0.351. The van der Waals surface area contributed by atoms with E-state index in [-0.39, 0.29) is 0 Å². The highest BCUT2D eigenvalue weighted by atomic mass is 15.3. The summed E-state index contributed by atoms with van der Waals surface area (Å²) in [4.78, 5) is 4.58. The molecule has 1 atom stereocenters. The number of rotatable bonds is 1. The van der Waals surface area contributed by atoms with Crippen LogP contribution in [0.1, 0.15) is 30.3 Å². The quantitative estimate of drug-likeness (QED) is 0.761. The van der Waals surface area contributed by atoms with E-state index in [9.17, 15) is 0 Å². The first kappa shape index (κ1) is 8.85. The van der Waals surface area contributed by atoms with Gasteiger partial charge in [0.15, 0.2) is 11.5 Å². The number of aryl methyl sites for hydroxylation is 1. The van der Waals surface area contributed by atoms with Gasteiger partial charge in [0.25, 0.3) is 0 Å². The van der Waals surface area contributed by atoms with E-state index in [4.69, 9.17) is 0 Å². The average molecular weight is 202 g/mol. The van der Waals surface area contributed by atoms with Gasteiger partial charge in [-0.25, -0.2) is 9.50 Å². The molecule has 1 saturated heterocycles. The van der Waals surface area contributed by atoms with Crippen molar-refractivity contribution in [2.24, 2.45) is 0 Å². The number of nitrogens with one attached hydrogen (secondary N) is 1. The molecule has 1 fully saturated rings. The fourth-order valence-electron chi connectivity index (χ4n) is 2.11. The highest BCUT2D eigenvalue weighted by Crippen LogP contribution is 2.20. The van der Waals surface area contributed by atoms with Crippen LogP contribution in [0, 0.1) is 6.92 Å². The molecular formula is C11H14N4. The van der Waals surface area contributed by atoms with E-state index in [1.165, 1.54) is 12.0 Å². The molecule has 1 aliphatic rings. The molecule has 0 spiro atoms. The van der Waals surface area contributed by atoms with Gasteiger partial charge >= 0.3 is 0 Å². The second-order valence-corrected chi connectivity index (χ2v) is 4.08. The lowest BCUT2D eigenvalue weighted by Crippen LogP contribution is -2.14. The standard InChI is InChI=1S/C11H14N4/c1-8-4-3-7-15-11(8)13-10(14-15)9-5-2-6-12-9/h3-4,7,9,12H,2,5-6H2,1H3. The second kappa shape index (κ2) is 3.31. The first-order chi connectivity index (χ1) is 7.34. The monoisotopic (exact) mass is 202 g/mol. The molecule has 4 nitrogen and oxygen atoms in total. The van der Waals surface area contributed by atoms with Gasteiger partial charge in [0.1, 0.15) is 0 Å². The normalized spacial score (nSPS) is 21.3. The molecule has 1 unspecified atom stereocenters. The van der Waals surface area contributed by atoms with Gasteiger partial charge in [-0.2, -0.15) is 0 Å². The van der Waals surface area contributed by atoms with Crippen LogP contribution in [-0.4, -0.2) is 21.1 Å². The van der Waals surface area contributed by atoms with Crippen molar-refractivity contribution in [3.63, 3.8) is 0 Å². The Balaban J connectivity index is 2.09. The number of hydrogen-bond acceptors (Lipinski definition) is 3. The first-order valence-electron chi connectivity index (χ1n) is 5.40. The largest absolute Gasteiger partial charge is 0.307 e. The van der Waals surface area contributed by atoms with Crippen LogP contribution in [0.4, 0.5) is 0 Å². The van der Waals surface area contributed by atoms with Gasteiger partial charge in [0.05, 0.1) is 6.04 Å². The second-order valence-electron chi connectivity index (χ2n) is 4.08. The maximum Gasteiger partial charge on any atom is 0.168 e. The Morgan fingerprint density at radius 2 is 2.47 bits per heavy atom. The molecule has 78 valence electrons. The molecule has 3 rings (SSSR count). The fraction of sp³-hybridized carbons (Fsp3) is 0.455. The Morgan fingerprint density at radius 3 is 3.20 bits per heavy atom. The Hall–Kier alpha value is -1.42. The zero-order valence-electron chi connectivity index (χ0n) is 8.77. The van der Waals surface area contributed by atoms with Gasteiger partial charge < -0.3 is 5.32 Å². The van der Waals surface area contributed by atoms with E-state index in [0.717, 1.165) is 24.4 Å². The van der Waals surface area contributed by atoms with Crippen LogP contribution in [0.2, 0.25) is 0 Å². The van der Waals surface area contributed by atoms with E-state index in [1.54, 1.807) is 0 Å². The van der Waals surface area contributed by atoms with Crippen molar-refractivity contribution in [1.29, 1.82) is 0 Å². The summed E-state index contributed by atoms with van der Waals surface area (Å²) in [6.45, 7) is 3.15. The molecule has 2 aromatic rings. The highest BCUT2D eigenvalue weighted by Gasteiger charge is 2.20. The summed E-state index contributed by atoms with van der Waals surface area (Å²) in [5.74, 6) is 0.932. The van der Waals surface area contributed by atoms with Gasteiger partial charge in [-0.05, 0) is 37.9 Å². The third-order valence-electron chi connectivity index (χ3n) is 2.95. The fourth-order valence-corrected chi connectivity index (χ4v) is 2.11. The van der Waals surface area contributed by atoms with Crippen LogP contribution in [0.15, 0.2) is 18.3 Å². The smallest absolute Gasteiger partial charge is 0.168 e. The molecule has 4 heteroatoms. The first-order valence-corrected chi connectivity index (χ1v) is 5.40. The summed E-state index contributed by atoms with van der Waals surface area (Å²) in [5.41, 5.74) is 2.15. The van der Waals surface area contributed by atoms with Crippen LogP contribution >= 0.6 is 0 Å². The van der Waals surface area contributed by atoms with Gasteiger partial charge in [0, 0.05) is 6.20 Å². The molecule has 15 heavy (non-hydrogen) atoms. The maximum absolute atomic E-state index is 4.58. The molecule has 0 saturated carbocycles. The van der Waals surface area contributed by atoms with Gasteiger partial charge in [-0.3, -0.25) is 0 Å². The lowest BCUT2D eigenvalue weighted by Gasteiger charge is -2.02. The lowest BCUT2D eigenvalue weighted by molar-refractivity contribution is 0.604. The molecule has 0 aliphatic carbocycles. The average Bonchev–Trinajstić information content (AvgIpc) is 2.86. The lowest BCUT2D eigenvalue weighted by atomic mass is 10.2. The molecule has 2 aromatic heterocycles. The van der Waals surface area contributed by atoms with Crippen LogP contribution in [-0.2, 0) is 0 Å². The summed E-state index contributed by atoms with van der Waals surface area (Å²) < 4.78 is 1.87. The molecular weight excluding hydrogens is 188 g/mol. The van der Waals surface area contributed by atoms with Crippen molar-refractivity contribution in [1.82, 2.24) is 19.9 Å². The van der Waals surface area contributed by atoms with E-state index in [1.807, 2.05) is 16.8 Å². The van der Waals surface area contributed by atoms with E-state index < -0.39 is 0 Å². The SMILES string of the molecule is Cc1cccn2nc(C3CCCN3)nc12. The summed E-state index contributed by atoms with van der Waals surface area (Å²) in [5, 5.41) is 7.91. The van der Waals surface area contributed by atoms with Crippen molar-refractivity contribution >= 4 is 5.65 Å². The van der Waals surface area contributed by atoms with Gasteiger partial charge in [-0.1, -0.05) is 6.07 Å². The molecule has 0 radical (unpaired) electrons. The Bertz CT molecular complexity index is 482. The summed E-state index contributed by atoms with van der Waals surface area (Å²) in [7, 11) is 0. The number of pyridine rings is 1. The number of nitrogens with zero attached hydrogens (tertiary/aromatic N) is 3. The number of fused-ring (bicyclic) bond motifs is 1. The predicted molar refractivity (Wildman–Crippen MR) is 57.7 cm³/mol. The van der Waals surface area contributed by atoms with Crippen molar-refractivity contribution in [2.75, 3.05) is 6.54 Å². The van der Waals surface area contributed by atoms with Crippen LogP contribution < -0.4 is 5.32 Å². The van der Waals surface area contributed by atoms with E-state index >= 15 is 0 Å². The van der Waals surface area contributed by atoms with Crippen molar-refractivity contribution < 1.29 is 0 Å². The third-order valence-corrected chi connectivity index (χ3v) is 2.95. The minimum atomic E-state index is 0.351. The molecule has 3 heterocycles. The van der Waals surface area contributed by atoms with Crippen molar-refractivity contribution in [2.45, 2.75) is 25.8 Å². The zero-order valence-corrected chi connectivity index (χ0v) is 8.77. The van der Waals surface area contributed by atoms with E-state index in [0.29, 0.717) is 6.04 Å². The predicted octanol–water partition coefficient (Wildman–Crippen LogP) is 1.46. The number of hydrogen-bond donors (Lipinski definition) is 1. The zero-order chi connectivity index (χ0) is 10.3. The van der Waals surface area contributed by atoms with Crippen LogP contribution in [0.25, 0.3) is 5.65 Å².